The lowest BCUT2D eigenvalue weighted by Gasteiger charge is -2.14. The number of hydrogen-bond donors (Lipinski definition) is 1. The maximum absolute atomic E-state index is 13.5. The van der Waals surface area contributed by atoms with Gasteiger partial charge in [-0.1, -0.05) is 11.6 Å². The lowest BCUT2D eigenvalue weighted by Crippen LogP contribution is -2.11. The predicted octanol–water partition coefficient (Wildman–Crippen LogP) is 6.16. The zero-order valence-corrected chi connectivity index (χ0v) is 18.1. The maximum atomic E-state index is 13.5. The van der Waals surface area contributed by atoms with Crippen LogP contribution in [0, 0.1) is 12.9 Å². The SMILES string of the molecule is CCOc1cnc(-c2cnc(F)cc2C)cc1-c1cc(Cl)cc(C(=O)Nc2ccco2)c1. The molecule has 1 N–H and O–H groups in total. The number of rotatable bonds is 6. The van der Waals surface area contributed by atoms with Crippen LogP contribution in [0.4, 0.5) is 10.3 Å². The second kappa shape index (κ2) is 9.20. The summed E-state index contributed by atoms with van der Waals surface area (Å²) in [6.45, 7) is 4.08. The van der Waals surface area contributed by atoms with E-state index in [0.717, 1.165) is 0 Å². The molecular weight excluding hydrogens is 433 g/mol. The number of carbonyl (C=O) groups is 1. The van der Waals surface area contributed by atoms with Crippen LogP contribution in [0.2, 0.25) is 5.02 Å². The number of pyridine rings is 2. The summed E-state index contributed by atoms with van der Waals surface area (Å²) in [6, 6.07) is 11.5. The molecule has 162 valence electrons. The average Bonchev–Trinajstić information content (AvgIpc) is 3.27. The van der Waals surface area contributed by atoms with Gasteiger partial charge in [-0.05, 0) is 61.4 Å². The van der Waals surface area contributed by atoms with Crippen LogP contribution in [0.3, 0.4) is 0 Å². The lowest BCUT2D eigenvalue weighted by atomic mass is 9.99. The summed E-state index contributed by atoms with van der Waals surface area (Å²) >= 11 is 6.34. The van der Waals surface area contributed by atoms with E-state index in [4.69, 9.17) is 20.8 Å². The smallest absolute Gasteiger partial charge is 0.258 e. The minimum atomic E-state index is -0.556. The number of furan rings is 1. The first kappa shape index (κ1) is 21.5. The van der Waals surface area contributed by atoms with Crippen molar-refractivity contribution in [3.8, 4) is 28.1 Å². The Kier molecular flexibility index (Phi) is 6.18. The number of nitrogens with one attached hydrogen (secondary N) is 1. The molecule has 0 unspecified atom stereocenters. The Hall–Kier alpha value is -3.71. The molecule has 0 saturated carbocycles. The molecule has 32 heavy (non-hydrogen) atoms. The molecule has 8 heteroatoms. The molecule has 1 aromatic carbocycles. The van der Waals surface area contributed by atoms with Crippen molar-refractivity contribution in [1.82, 2.24) is 9.97 Å². The highest BCUT2D eigenvalue weighted by molar-refractivity contribution is 6.31. The number of carbonyl (C=O) groups excluding carboxylic acids is 1. The van der Waals surface area contributed by atoms with Crippen molar-refractivity contribution in [1.29, 1.82) is 0 Å². The number of anilines is 1. The van der Waals surface area contributed by atoms with E-state index in [9.17, 15) is 9.18 Å². The molecule has 3 heterocycles. The van der Waals surface area contributed by atoms with Gasteiger partial charge in [0, 0.05) is 34.0 Å². The summed E-state index contributed by atoms with van der Waals surface area (Å²) < 4.78 is 24.4. The van der Waals surface area contributed by atoms with Crippen LogP contribution in [0.25, 0.3) is 22.4 Å². The molecule has 1 amide bonds. The van der Waals surface area contributed by atoms with Gasteiger partial charge >= 0.3 is 0 Å². The predicted molar refractivity (Wildman–Crippen MR) is 120 cm³/mol. The molecule has 4 rings (SSSR count). The Morgan fingerprint density at radius 2 is 2.00 bits per heavy atom. The summed E-state index contributed by atoms with van der Waals surface area (Å²) in [4.78, 5) is 20.9. The third-order valence-electron chi connectivity index (χ3n) is 4.75. The van der Waals surface area contributed by atoms with Crippen LogP contribution < -0.4 is 10.1 Å². The molecule has 0 atom stereocenters. The first-order valence-electron chi connectivity index (χ1n) is 9.85. The largest absolute Gasteiger partial charge is 0.492 e. The van der Waals surface area contributed by atoms with Gasteiger partial charge < -0.3 is 9.15 Å². The van der Waals surface area contributed by atoms with Crippen molar-refractivity contribution in [2.75, 3.05) is 11.9 Å². The highest BCUT2D eigenvalue weighted by atomic mass is 35.5. The van der Waals surface area contributed by atoms with Crippen LogP contribution in [0.15, 0.2) is 65.5 Å². The normalized spacial score (nSPS) is 10.8. The number of amides is 1. The summed E-state index contributed by atoms with van der Waals surface area (Å²) in [6.07, 6.45) is 4.51. The lowest BCUT2D eigenvalue weighted by molar-refractivity contribution is 0.102. The molecular formula is C24H19ClFN3O3. The van der Waals surface area contributed by atoms with Gasteiger partial charge in [-0.3, -0.25) is 15.1 Å². The number of aromatic nitrogens is 2. The molecule has 0 bridgehead atoms. The van der Waals surface area contributed by atoms with Crippen molar-refractivity contribution >= 4 is 23.4 Å². The highest BCUT2D eigenvalue weighted by Crippen LogP contribution is 2.35. The minimum absolute atomic E-state index is 0.331. The van der Waals surface area contributed by atoms with Gasteiger partial charge in [0.1, 0.15) is 5.75 Å². The third-order valence-corrected chi connectivity index (χ3v) is 4.97. The molecule has 4 aromatic rings. The summed E-state index contributed by atoms with van der Waals surface area (Å²) in [5.41, 5.74) is 3.69. The molecule has 0 spiro atoms. The van der Waals surface area contributed by atoms with Crippen LogP contribution >= 0.6 is 11.6 Å². The van der Waals surface area contributed by atoms with Gasteiger partial charge in [0.15, 0.2) is 5.88 Å². The Bertz CT molecular complexity index is 1280. The minimum Gasteiger partial charge on any atom is -0.492 e. The average molecular weight is 452 g/mol. The van der Waals surface area contributed by atoms with Crippen molar-refractivity contribution in [2.45, 2.75) is 13.8 Å². The van der Waals surface area contributed by atoms with E-state index >= 15 is 0 Å². The number of benzene rings is 1. The van der Waals surface area contributed by atoms with Crippen molar-refractivity contribution in [3.05, 3.63) is 83.2 Å². The summed E-state index contributed by atoms with van der Waals surface area (Å²) in [5.74, 6) is -0.0605. The number of aryl methyl sites for hydroxylation is 1. The molecule has 0 aliphatic heterocycles. The Labute approximate surface area is 189 Å². The van der Waals surface area contributed by atoms with Crippen molar-refractivity contribution in [3.63, 3.8) is 0 Å². The molecule has 0 aliphatic rings. The van der Waals surface area contributed by atoms with Crippen molar-refractivity contribution < 1.29 is 18.3 Å². The molecule has 0 fully saturated rings. The van der Waals surface area contributed by atoms with Crippen molar-refractivity contribution in [2.24, 2.45) is 0 Å². The van der Waals surface area contributed by atoms with E-state index in [-0.39, 0.29) is 5.91 Å². The Morgan fingerprint density at radius 1 is 1.16 bits per heavy atom. The zero-order valence-electron chi connectivity index (χ0n) is 17.4. The fourth-order valence-corrected chi connectivity index (χ4v) is 3.52. The van der Waals surface area contributed by atoms with Gasteiger partial charge in [-0.25, -0.2) is 4.98 Å². The van der Waals surface area contributed by atoms with Crippen LogP contribution in [0.1, 0.15) is 22.8 Å². The van der Waals surface area contributed by atoms with Gasteiger partial charge in [-0.15, -0.1) is 0 Å². The number of nitrogens with zero attached hydrogens (tertiary/aromatic N) is 2. The highest BCUT2D eigenvalue weighted by Gasteiger charge is 2.16. The molecule has 0 aliphatic carbocycles. The van der Waals surface area contributed by atoms with E-state index in [0.29, 0.717) is 56.8 Å². The zero-order chi connectivity index (χ0) is 22.7. The number of halogens is 2. The van der Waals surface area contributed by atoms with Gasteiger partial charge in [0.25, 0.3) is 5.91 Å². The summed E-state index contributed by atoms with van der Waals surface area (Å²) in [7, 11) is 0. The fourth-order valence-electron chi connectivity index (χ4n) is 3.29. The van der Waals surface area contributed by atoms with Crippen LogP contribution in [0.5, 0.6) is 5.75 Å². The summed E-state index contributed by atoms with van der Waals surface area (Å²) in [5, 5.41) is 3.06. The molecule has 6 nitrogen and oxygen atoms in total. The van der Waals surface area contributed by atoms with E-state index in [1.165, 1.54) is 18.5 Å². The van der Waals surface area contributed by atoms with Gasteiger partial charge in [0.05, 0.1) is 24.8 Å². The molecule has 0 radical (unpaired) electrons. The quantitative estimate of drug-likeness (QED) is 0.355. The standard InChI is InChI=1S/C24H19ClFN3O3/c1-3-31-21-13-27-20(19-12-28-22(26)7-14(19)2)11-18(21)15-8-16(10-17(25)9-15)24(30)29-23-5-4-6-32-23/h4-13H,3H2,1-2H3,(H,29,30). The molecule has 3 aromatic heterocycles. The van der Waals surface area contributed by atoms with Gasteiger partial charge in [0.2, 0.25) is 5.95 Å². The monoisotopic (exact) mass is 451 g/mol. The Balaban J connectivity index is 1.79. The number of ether oxygens (including phenoxy) is 1. The first-order chi connectivity index (χ1) is 15.4. The van der Waals surface area contributed by atoms with Crippen LogP contribution in [-0.4, -0.2) is 22.5 Å². The van der Waals surface area contributed by atoms with E-state index < -0.39 is 5.95 Å². The van der Waals surface area contributed by atoms with E-state index in [1.54, 1.807) is 43.5 Å². The first-order valence-corrected chi connectivity index (χ1v) is 10.2. The topological polar surface area (TPSA) is 77.2 Å². The second-order valence-corrected chi connectivity index (χ2v) is 7.42. The maximum Gasteiger partial charge on any atom is 0.258 e. The molecule has 0 saturated heterocycles. The van der Waals surface area contributed by atoms with Crippen LogP contribution in [-0.2, 0) is 0 Å². The fraction of sp³-hybridized carbons (Fsp3) is 0.125. The number of hydrogen-bond acceptors (Lipinski definition) is 5. The van der Waals surface area contributed by atoms with E-state index in [2.05, 4.69) is 15.3 Å². The third kappa shape index (κ3) is 4.63. The second-order valence-electron chi connectivity index (χ2n) is 6.98. The van der Waals surface area contributed by atoms with Gasteiger partial charge in [-0.2, -0.15) is 4.39 Å². The Morgan fingerprint density at radius 3 is 2.72 bits per heavy atom. The van der Waals surface area contributed by atoms with E-state index in [1.807, 2.05) is 13.0 Å².